The van der Waals surface area contributed by atoms with Crippen molar-refractivity contribution in [3.05, 3.63) is 33.9 Å². The molecule has 0 N–H and O–H groups in total. The van der Waals surface area contributed by atoms with Crippen molar-refractivity contribution in [3.8, 4) is 5.75 Å². The van der Waals surface area contributed by atoms with E-state index >= 15 is 0 Å². The number of carbonyl (C=O) groups excluding carboxylic acids is 2. The minimum absolute atomic E-state index is 0.00651. The lowest BCUT2D eigenvalue weighted by atomic mass is 9.82. The molecule has 1 heterocycles. The second-order valence-electron chi connectivity index (χ2n) is 6.63. The molecule has 0 bridgehead atoms. The summed E-state index contributed by atoms with van der Waals surface area (Å²) in [6, 6.07) is 0. The first-order valence-electron chi connectivity index (χ1n) is 7.87. The molecule has 2 unspecified atom stereocenters. The molecule has 0 amide bonds. The Hall–Kier alpha value is -1.90. The summed E-state index contributed by atoms with van der Waals surface area (Å²) in [6.07, 6.45) is 2.11. The predicted molar refractivity (Wildman–Crippen MR) is 86.4 cm³/mol. The van der Waals surface area contributed by atoms with Crippen LogP contribution in [-0.2, 0) is 9.59 Å². The van der Waals surface area contributed by atoms with Gasteiger partial charge in [-0.2, -0.15) is 0 Å². The molecule has 2 atom stereocenters. The molecule has 116 valence electrons. The summed E-state index contributed by atoms with van der Waals surface area (Å²) in [5.74, 6) is 1.10. The molecule has 1 aromatic rings. The highest BCUT2D eigenvalue weighted by molar-refractivity contribution is 6.15. The molecule has 0 spiro atoms. The number of benzene rings is 1. The largest absolute Gasteiger partial charge is 0.489 e. The van der Waals surface area contributed by atoms with Crippen LogP contribution in [0.1, 0.15) is 60.4 Å². The van der Waals surface area contributed by atoms with Crippen LogP contribution >= 0.6 is 0 Å². The standard InChI is InChI=1S/C19H22O3/c1-9-10(2)17-12(4)13(5)22-19(17)18(11(9)3)14-6-15(20)8-16(21)7-14/h6,12-13H,7-8H2,1-5H3. The third-order valence-corrected chi connectivity index (χ3v) is 5.25. The van der Waals surface area contributed by atoms with Crippen molar-refractivity contribution in [1.29, 1.82) is 0 Å². The van der Waals surface area contributed by atoms with Gasteiger partial charge in [0.2, 0.25) is 0 Å². The van der Waals surface area contributed by atoms with E-state index in [-0.39, 0.29) is 24.1 Å². The Morgan fingerprint density at radius 2 is 1.68 bits per heavy atom. The van der Waals surface area contributed by atoms with Crippen molar-refractivity contribution < 1.29 is 14.3 Å². The van der Waals surface area contributed by atoms with Crippen LogP contribution in [0.5, 0.6) is 5.75 Å². The van der Waals surface area contributed by atoms with Crippen LogP contribution in [0.3, 0.4) is 0 Å². The van der Waals surface area contributed by atoms with Crippen molar-refractivity contribution in [2.75, 3.05) is 0 Å². The molecule has 1 aliphatic carbocycles. The van der Waals surface area contributed by atoms with Gasteiger partial charge in [0.25, 0.3) is 0 Å². The van der Waals surface area contributed by atoms with Gasteiger partial charge in [0.15, 0.2) is 5.78 Å². The van der Waals surface area contributed by atoms with Gasteiger partial charge in [-0.05, 0) is 56.0 Å². The number of Topliss-reactive ketones (excluding diaryl/α,β-unsaturated/α-hetero) is 1. The molecule has 2 aliphatic rings. The molecule has 0 aromatic heterocycles. The molecule has 0 saturated heterocycles. The Kier molecular flexibility index (Phi) is 3.47. The first-order chi connectivity index (χ1) is 10.3. The van der Waals surface area contributed by atoms with Gasteiger partial charge in [-0.25, -0.2) is 0 Å². The second kappa shape index (κ2) is 5.08. The summed E-state index contributed by atoms with van der Waals surface area (Å²) in [5, 5.41) is 0. The van der Waals surface area contributed by atoms with E-state index in [2.05, 4.69) is 34.6 Å². The van der Waals surface area contributed by atoms with Crippen LogP contribution in [0.2, 0.25) is 0 Å². The van der Waals surface area contributed by atoms with Crippen LogP contribution in [-0.4, -0.2) is 17.7 Å². The van der Waals surface area contributed by atoms with Gasteiger partial charge in [-0.1, -0.05) is 6.92 Å². The summed E-state index contributed by atoms with van der Waals surface area (Å²) >= 11 is 0. The van der Waals surface area contributed by atoms with E-state index in [1.54, 1.807) is 6.08 Å². The highest BCUT2D eigenvalue weighted by Crippen LogP contribution is 2.48. The lowest BCUT2D eigenvalue weighted by Crippen LogP contribution is -2.14. The molecule has 3 rings (SSSR count). The molecule has 0 radical (unpaired) electrons. The fourth-order valence-corrected chi connectivity index (χ4v) is 3.65. The molecular weight excluding hydrogens is 276 g/mol. The molecular formula is C19H22O3. The van der Waals surface area contributed by atoms with Crippen LogP contribution < -0.4 is 4.74 Å². The van der Waals surface area contributed by atoms with Crippen molar-refractivity contribution >= 4 is 17.1 Å². The third kappa shape index (κ3) is 2.11. The molecule has 3 heteroatoms. The minimum Gasteiger partial charge on any atom is -0.489 e. The van der Waals surface area contributed by atoms with E-state index in [1.165, 1.54) is 16.7 Å². The number of fused-ring (bicyclic) bond motifs is 1. The Bertz CT molecular complexity index is 725. The summed E-state index contributed by atoms with van der Waals surface area (Å²) < 4.78 is 6.13. The number of rotatable bonds is 1. The van der Waals surface area contributed by atoms with Gasteiger partial charge < -0.3 is 4.74 Å². The highest BCUT2D eigenvalue weighted by atomic mass is 16.5. The Balaban J connectivity index is 2.28. The average molecular weight is 298 g/mol. The third-order valence-electron chi connectivity index (χ3n) is 5.25. The van der Waals surface area contributed by atoms with Gasteiger partial charge >= 0.3 is 0 Å². The smallest absolute Gasteiger partial charge is 0.163 e. The molecule has 0 saturated carbocycles. The first-order valence-corrected chi connectivity index (χ1v) is 7.87. The Morgan fingerprint density at radius 1 is 1.00 bits per heavy atom. The minimum atomic E-state index is -0.100. The molecule has 3 nitrogen and oxygen atoms in total. The average Bonchev–Trinajstić information content (AvgIpc) is 2.71. The van der Waals surface area contributed by atoms with Gasteiger partial charge in [-0.15, -0.1) is 0 Å². The topological polar surface area (TPSA) is 43.4 Å². The van der Waals surface area contributed by atoms with Crippen molar-refractivity contribution in [1.82, 2.24) is 0 Å². The van der Waals surface area contributed by atoms with Crippen LogP contribution in [0.25, 0.3) is 5.57 Å². The normalized spacial score (nSPS) is 24.1. The lowest BCUT2D eigenvalue weighted by Gasteiger charge is -2.21. The number of allylic oxidation sites excluding steroid dienone is 2. The Labute approximate surface area is 131 Å². The van der Waals surface area contributed by atoms with E-state index in [1.807, 2.05) is 0 Å². The number of hydrogen-bond donors (Lipinski definition) is 0. The van der Waals surface area contributed by atoms with Crippen molar-refractivity contribution in [2.45, 2.75) is 59.5 Å². The van der Waals surface area contributed by atoms with Crippen molar-refractivity contribution in [3.63, 3.8) is 0 Å². The highest BCUT2D eigenvalue weighted by Gasteiger charge is 2.35. The lowest BCUT2D eigenvalue weighted by molar-refractivity contribution is -0.124. The summed E-state index contributed by atoms with van der Waals surface area (Å²) in [7, 11) is 0. The quantitative estimate of drug-likeness (QED) is 0.740. The summed E-state index contributed by atoms with van der Waals surface area (Å²) in [4.78, 5) is 23.7. The monoisotopic (exact) mass is 298 g/mol. The summed E-state index contributed by atoms with van der Waals surface area (Å²) in [5.41, 5.74) is 6.63. The van der Waals surface area contributed by atoms with E-state index in [0.717, 1.165) is 22.4 Å². The Morgan fingerprint density at radius 3 is 2.32 bits per heavy atom. The first kappa shape index (κ1) is 15.0. The van der Waals surface area contributed by atoms with Gasteiger partial charge in [0, 0.05) is 23.5 Å². The predicted octanol–water partition coefficient (Wildman–Crippen LogP) is 3.81. The van der Waals surface area contributed by atoms with Crippen LogP contribution in [0.15, 0.2) is 6.08 Å². The zero-order valence-corrected chi connectivity index (χ0v) is 13.9. The molecule has 1 aromatic carbocycles. The number of hydrogen-bond acceptors (Lipinski definition) is 3. The molecule has 22 heavy (non-hydrogen) atoms. The maximum absolute atomic E-state index is 11.8. The van der Waals surface area contributed by atoms with Crippen LogP contribution in [0.4, 0.5) is 0 Å². The van der Waals surface area contributed by atoms with E-state index in [4.69, 9.17) is 4.74 Å². The molecule has 0 fully saturated rings. The van der Waals surface area contributed by atoms with E-state index in [9.17, 15) is 9.59 Å². The second-order valence-corrected chi connectivity index (χ2v) is 6.63. The van der Waals surface area contributed by atoms with E-state index < -0.39 is 0 Å². The number of carbonyl (C=O) groups is 2. The van der Waals surface area contributed by atoms with E-state index in [0.29, 0.717) is 12.3 Å². The van der Waals surface area contributed by atoms with Gasteiger partial charge in [0.05, 0.1) is 6.42 Å². The van der Waals surface area contributed by atoms with Crippen molar-refractivity contribution in [2.24, 2.45) is 0 Å². The van der Waals surface area contributed by atoms with Crippen LogP contribution in [0, 0.1) is 20.8 Å². The zero-order chi connectivity index (χ0) is 16.2. The number of ether oxygens (including phenoxy) is 1. The van der Waals surface area contributed by atoms with Gasteiger partial charge in [-0.3, -0.25) is 9.59 Å². The maximum atomic E-state index is 11.8. The number of ketones is 2. The fourth-order valence-electron chi connectivity index (χ4n) is 3.65. The SMILES string of the molecule is Cc1c(C)c(C2=CC(=O)CC(=O)C2)c2c(c1C)C(C)C(C)O2. The molecule has 1 aliphatic heterocycles. The van der Waals surface area contributed by atoms with Gasteiger partial charge in [0.1, 0.15) is 17.6 Å². The fraction of sp³-hybridized carbons (Fsp3) is 0.474. The zero-order valence-electron chi connectivity index (χ0n) is 13.9. The maximum Gasteiger partial charge on any atom is 0.163 e. The summed E-state index contributed by atoms with van der Waals surface area (Å²) in [6.45, 7) is 10.5.